The lowest BCUT2D eigenvalue weighted by Crippen LogP contribution is -2.30. The molecule has 1 aromatic rings. The summed E-state index contributed by atoms with van der Waals surface area (Å²) in [5.74, 6) is -0.316. The second-order valence-corrected chi connectivity index (χ2v) is 4.29. The Morgan fingerprint density at radius 1 is 1.62 bits per heavy atom. The number of nitrogens with two attached hydrogens (primary N) is 1. The van der Waals surface area contributed by atoms with Crippen LogP contribution < -0.4 is 5.73 Å². The van der Waals surface area contributed by atoms with Gasteiger partial charge in [-0.1, -0.05) is 0 Å². The number of carbonyl (C=O) groups excluding carboxylic acids is 1. The van der Waals surface area contributed by atoms with Crippen LogP contribution in [0.25, 0.3) is 0 Å². The average molecular weight is 199 g/mol. The van der Waals surface area contributed by atoms with Gasteiger partial charge in [-0.3, -0.25) is 0 Å². The molecular formula is C9H13NO2S. The maximum atomic E-state index is 11.3. The lowest BCUT2D eigenvalue weighted by Gasteiger charge is -2.18. The van der Waals surface area contributed by atoms with Crippen LogP contribution >= 0.6 is 11.3 Å². The van der Waals surface area contributed by atoms with Crippen molar-refractivity contribution in [1.82, 2.24) is 0 Å². The summed E-state index contributed by atoms with van der Waals surface area (Å²) in [4.78, 5) is 11.9. The van der Waals surface area contributed by atoms with E-state index >= 15 is 0 Å². The molecule has 0 spiro atoms. The SMILES string of the molecule is COC(=O)c1sccc1C(C)(C)N. The second kappa shape index (κ2) is 3.47. The van der Waals surface area contributed by atoms with Gasteiger partial charge in [0.2, 0.25) is 0 Å². The number of ether oxygens (including phenoxy) is 1. The monoisotopic (exact) mass is 199 g/mol. The van der Waals surface area contributed by atoms with Crippen LogP contribution in [-0.4, -0.2) is 13.1 Å². The van der Waals surface area contributed by atoms with E-state index in [1.54, 1.807) is 0 Å². The van der Waals surface area contributed by atoms with Crippen molar-refractivity contribution in [2.75, 3.05) is 7.11 Å². The van der Waals surface area contributed by atoms with Gasteiger partial charge in [-0.15, -0.1) is 11.3 Å². The minimum absolute atomic E-state index is 0.316. The maximum absolute atomic E-state index is 11.3. The van der Waals surface area contributed by atoms with E-state index in [2.05, 4.69) is 4.74 Å². The molecule has 0 unspecified atom stereocenters. The van der Waals surface area contributed by atoms with Crippen molar-refractivity contribution < 1.29 is 9.53 Å². The fraction of sp³-hybridized carbons (Fsp3) is 0.444. The Bertz CT molecular complexity index is 312. The molecule has 0 atom stereocenters. The van der Waals surface area contributed by atoms with Crippen molar-refractivity contribution in [2.45, 2.75) is 19.4 Å². The molecule has 1 heterocycles. The summed E-state index contributed by atoms with van der Waals surface area (Å²) in [6.45, 7) is 3.73. The van der Waals surface area contributed by atoms with Crippen LogP contribution in [0.5, 0.6) is 0 Å². The first-order valence-corrected chi connectivity index (χ1v) is 4.80. The van der Waals surface area contributed by atoms with E-state index in [4.69, 9.17) is 5.73 Å². The first-order valence-electron chi connectivity index (χ1n) is 3.92. The lowest BCUT2D eigenvalue weighted by atomic mass is 9.96. The molecule has 1 aromatic heterocycles. The predicted octanol–water partition coefficient (Wildman–Crippen LogP) is 1.73. The maximum Gasteiger partial charge on any atom is 0.348 e. The van der Waals surface area contributed by atoms with Crippen molar-refractivity contribution >= 4 is 17.3 Å². The summed E-state index contributed by atoms with van der Waals surface area (Å²) in [6, 6.07) is 1.86. The number of thiophene rings is 1. The van der Waals surface area contributed by atoms with Crippen molar-refractivity contribution in [3.63, 3.8) is 0 Å². The van der Waals surface area contributed by atoms with E-state index in [-0.39, 0.29) is 5.97 Å². The molecule has 0 saturated heterocycles. The molecule has 72 valence electrons. The Morgan fingerprint density at radius 2 is 2.23 bits per heavy atom. The number of hydrogen-bond acceptors (Lipinski definition) is 4. The molecule has 0 aromatic carbocycles. The summed E-state index contributed by atoms with van der Waals surface area (Å²) in [5.41, 5.74) is 6.23. The first-order chi connectivity index (χ1) is 5.96. The molecule has 0 fully saturated rings. The number of carbonyl (C=O) groups is 1. The molecule has 0 aliphatic rings. The molecule has 3 nitrogen and oxygen atoms in total. The van der Waals surface area contributed by atoms with E-state index in [1.807, 2.05) is 25.3 Å². The standard InChI is InChI=1S/C9H13NO2S/c1-9(2,10)6-4-5-13-7(6)8(11)12-3/h4-5H,10H2,1-3H3. The van der Waals surface area contributed by atoms with E-state index in [1.165, 1.54) is 18.4 Å². The van der Waals surface area contributed by atoms with Gasteiger partial charge >= 0.3 is 5.97 Å². The van der Waals surface area contributed by atoms with E-state index < -0.39 is 5.54 Å². The van der Waals surface area contributed by atoms with Gasteiger partial charge in [-0.2, -0.15) is 0 Å². The quantitative estimate of drug-likeness (QED) is 0.738. The van der Waals surface area contributed by atoms with Crippen LogP contribution in [0.3, 0.4) is 0 Å². The highest BCUT2D eigenvalue weighted by molar-refractivity contribution is 7.12. The average Bonchev–Trinajstić information content (AvgIpc) is 2.49. The van der Waals surface area contributed by atoms with Gasteiger partial charge in [0, 0.05) is 5.54 Å². The molecule has 0 aliphatic carbocycles. The topological polar surface area (TPSA) is 52.3 Å². The number of rotatable bonds is 2. The molecule has 0 saturated carbocycles. The Kier molecular flexibility index (Phi) is 2.73. The molecule has 13 heavy (non-hydrogen) atoms. The predicted molar refractivity (Wildman–Crippen MR) is 52.9 cm³/mol. The molecule has 0 bridgehead atoms. The van der Waals surface area contributed by atoms with Gasteiger partial charge < -0.3 is 10.5 Å². The fourth-order valence-electron chi connectivity index (χ4n) is 1.07. The largest absolute Gasteiger partial charge is 0.465 e. The Hall–Kier alpha value is -0.870. The Balaban J connectivity index is 3.10. The third-order valence-corrected chi connectivity index (χ3v) is 2.62. The van der Waals surface area contributed by atoms with Crippen LogP contribution in [0.1, 0.15) is 29.1 Å². The van der Waals surface area contributed by atoms with Gasteiger partial charge in [-0.05, 0) is 30.9 Å². The number of methoxy groups -OCH3 is 1. The van der Waals surface area contributed by atoms with Crippen LogP contribution in [-0.2, 0) is 10.3 Å². The van der Waals surface area contributed by atoms with E-state index in [9.17, 15) is 4.79 Å². The summed E-state index contributed by atoms with van der Waals surface area (Å²) in [5, 5.41) is 1.84. The Morgan fingerprint density at radius 3 is 2.69 bits per heavy atom. The van der Waals surface area contributed by atoms with E-state index in [0.717, 1.165) is 5.56 Å². The highest BCUT2D eigenvalue weighted by Gasteiger charge is 2.23. The van der Waals surface area contributed by atoms with Crippen molar-refractivity contribution in [3.05, 3.63) is 21.9 Å². The smallest absolute Gasteiger partial charge is 0.348 e. The third-order valence-electron chi connectivity index (χ3n) is 1.73. The van der Waals surface area contributed by atoms with Crippen LogP contribution in [0.15, 0.2) is 11.4 Å². The van der Waals surface area contributed by atoms with Gasteiger partial charge in [0.25, 0.3) is 0 Å². The second-order valence-electron chi connectivity index (χ2n) is 3.38. The molecule has 0 aliphatic heterocycles. The van der Waals surface area contributed by atoms with Gasteiger partial charge in [-0.25, -0.2) is 4.79 Å². The fourth-order valence-corrected chi connectivity index (χ4v) is 2.05. The third kappa shape index (κ3) is 2.08. The summed E-state index contributed by atoms with van der Waals surface area (Å²) in [7, 11) is 1.37. The number of esters is 1. The molecule has 1 rings (SSSR count). The summed E-state index contributed by atoms with van der Waals surface area (Å²) >= 11 is 1.35. The van der Waals surface area contributed by atoms with Crippen molar-refractivity contribution in [1.29, 1.82) is 0 Å². The van der Waals surface area contributed by atoms with Crippen LogP contribution in [0, 0.1) is 0 Å². The minimum atomic E-state index is -0.497. The van der Waals surface area contributed by atoms with E-state index in [0.29, 0.717) is 4.88 Å². The zero-order valence-corrected chi connectivity index (χ0v) is 8.77. The van der Waals surface area contributed by atoms with Crippen molar-refractivity contribution in [3.8, 4) is 0 Å². The lowest BCUT2D eigenvalue weighted by molar-refractivity contribution is 0.0603. The molecular weight excluding hydrogens is 186 g/mol. The highest BCUT2D eigenvalue weighted by atomic mass is 32.1. The van der Waals surface area contributed by atoms with Crippen LogP contribution in [0.2, 0.25) is 0 Å². The molecule has 0 radical (unpaired) electrons. The minimum Gasteiger partial charge on any atom is -0.465 e. The first kappa shape index (κ1) is 10.2. The normalized spacial score (nSPS) is 11.4. The van der Waals surface area contributed by atoms with Crippen molar-refractivity contribution in [2.24, 2.45) is 5.73 Å². The summed E-state index contributed by atoms with van der Waals surface area (Å²) in [6.07, 6.45) is 0. The zero-order valence-electron chi connectivity index (χ0n) is 7.96. The van der Waals surface area contributed by atoms with Crippen LogP contribution in [0.4, 0.5) is 0 Å². The number of hydrogen-bond donors (Lipinski definition) is 1. The highest BCUT2D eigenvalue weighted by Crippen LogP contribution is 2.26. The van der Waals surface area contributed by atoms with Gasteiger partial charge in [0.15, 0.2) is 0 Å². The molecule has 2 N–H and O–H groups in total. The summed E-state index contributed by atoms with van der Waals surface area (Å²) < 4.78 is 4.65. The Labute approximate surface area is 81.5 Å². The van der Waals surface area contributed by atoms with Gasteiger partial charge in [0.05, 0.1) is 7.11 Å². The van der Waals surface area contributed by atoms with Gasteiger partial charge in [0.1, 0.15) is 4.88 Å². The molecule has 4 heteroatoms. The zero-order chi connectivity index (χ0) is 10.1. The molecule has 0 amide bonds.